The number of rotatable bonds is 5. The van der Waals surface area contributed by atoms with E-state index in [0.717, 1.165) is 19.4 Å². The SMILES string of the molecule is COC(=O)[C@H]1[C@H](C(C)C)C(=O)C[C@@]2(C)C(=CN(C)Cc3ccccc3)CC[C@@H]12. The summed E-state index contributed by atoms with van der Waals surface area (Å²) in [5.41, 5.74) is 2.29. The predicted molar refractivity (Wildman–Crippen MR) is 110 cm³/mol. The molecule has 0 aliphatic heterocycles. The van der Waals surface area contributed by atoms with Crippen molar-refractivity contribution in [3.05, 3.63) is 47.7 Å². The highest BCUT2D eigenvalue weighted by Gasteiger charge is 2.57. The molecule has 4 heteroatoms. The lowest BCUT2D eigenvalue weighted by atomic mass is 9.57. The number of benzene rings is 1. The summed E-state index contributed by atoms with van der Waals surface area (Å²) in [6.07, 6.45) is 4.62. The van der Waals surface area contributed by atoms with E-state index in [2.05, 4.69) is 49.3 Å². The number of ketones is 1. The fourth-order valence-electron chi connectivity index (χ4n) is 5.53. The van der Waals surface area contributed by atoms with Crippen LogP contribution in [0.2, 0.25) is 0 Å². The van der Waals surface area contributed by atoms with Gasteiger partial charge in [-0.3, -0.25) is 9.59 Å². The number of allylic oxidation sites excluding steroid dienone is 1. The number of hydrogen-bond donors (Lipinski definition) is 0. The summed E-state index contributed by atoms with van der Waals surface area (Å²) in [5.74, 6) is -0.255. The van der Waals surface area contributed by atoms with Crippen LogP contribution in [-0.4, -0.2) is 30.8 Å². The average Bonchev–Trinajstić information content (AvgIpc) is 2.95. The minimum absolute atomic E-state index is 0.148. The number of ether oxygens (including phenoxy) is 1. The zero-order valence-corrected chi connectivity index (χ0v) is 17.8. The van der Waals surface area contributed by atoms with E-state index in [1.807, 2.05) is 19.9 Å². The Hall–Kier alpha value is -2.10. The minimum atomic E-state index is -0.332. The molecule has 0 amide bonds. The molecule has 28 heavy (non-hydrogen) atoms. The van der Waals surface area contributed by atoms with E-state index in [4.69, 9.17) is 4.74 Å². The Balaban J connectivity index is 1.88. The summed E-state index contributed by atoms with van der Waals surface area (Å²) in [5, 5.41) is 0. The minimum Gasteiger partial charge on any atom is -0.469 e. The second kappa shape index (κ2) is 8.10. The lowest BCUT2D eigenvalue weighted by molar-refractivity contribution is -0.160. The van der Waals surface area contributed by atoms with Crippen LogP contribution in [-0.2, 0) is 20.9 Å². The lowest BCUT2D eigenvalue weighted by Gasteiger charge is -2.46. The summed E-state index contributed by atoms with van der Waals surface area (Å²) >= 11 is 0. The molecule has 2 aliphatic rings. The van der Waals surface area contributed by atoms with Gasteiger partial charge in [0, 0.05) is 31.3 Å². The van der Waals surface area contributed by atoms with Gasteiger partial charge >= 0.3 is 5.97 Å². The smallest absolute Gasteiger partial charge is 0.309 e. The number of methoxy groups -OCH3 is 1. The molecule has 4 atom stereocenters. The summed E-state index contributed by atoms with van der Waals surface area (Å²) in [4.78, 5) is 28.0. The van der Waals surface area contributed by atoms with Crippen LogP contribution in [0, 0.1) is 29.1 Å². The normalized spacial score (nSPS) is 31.1. The van der Waals surface area contributed by atoms with Crippen molar-refractivity contribution in [1.29, 1.82) is 0 Å². The van der Waals surface area contributed by atoms with Crippen LogP contribution < -0.4 is 0 Å². The van der Waals surface area contributed by atoms with Gasteiger partial charge in [-0.15, -0.1) is 0 Å². The highest BCUT2D eigenvalue weighted by molar-refractivity contribution is 5.90. The first-order valence-electron chi connectivity index (χ1n) is 10.3. The molecule has 2 aliphatic carbocycles. The van der Waals surface area contributed by atoms with Crippen LogP contribution in [0.4, 0.5) is 0 Å². The Morgan fingerprint density at radius 3 is 2.61 bits per heavy atom. The van der Waals surface area contributed by atoms with E-state index in [1.54, 1.807) is 0 Å². The molecule has 152 valence electrons. The molecule has 4 nitrogen and oxygen atoms in total. The molecule has 1 aromatic rings. The molecule has 0 heterocycles. The first-order valence-corrected chi connectivity index (χ1v) is 10.3. The molecule has 3 rings (SSSR count). The first kappa shape index (κ1) is 20.6. The zero-order valence-electron chi connectivity index (χ0n) is 17.8. The molecule has 0 aromatic heterocycles. The molecule has 2 saturated carbocycles. The van der Waals surface area contributed by atoms with E-state index >= 15 is 0 Å². The van der Waals surface area contributed by atoms with Gasteiger partial charge < -0.3 is 9.64 Å². The van der Waals surface area contributed by atoms with Crippen LogP contribution >= 0.6 is 0 Å². The number of nitrogens with zero attached hydrogens (tertiary/aromatic N) is 1. The van der Waals surface area contributed by atoms with Gasteiger partial charge in [0.05, 0.1) is 13.0 Å². The van der Waals surface area contributed by atoms with Gasteiger partial charge in [0.15, 0.2) is 0 Å². The fourth-order valence-corrected chi connectivity index (χ4v) is 5.53. The molecule has 0 bridgehead atoms. The second-order valence-corrected chi connectivity index (χ2v) is 9.08. The Kier molecular flexibility index (Phi) is 5.97. The lowest BCUT2D eigenvalue weighted by Crippen LogP contribution is -2.49. The van der Waals surface area contributed by atoms with Crippen molar-refractivity contribution in [2.24, 2.45) is 29.1 Å². The highest BCUT2D eigenvalue weighted by Crippen LogP contribution is 2.59. The van der Waals surface area contributed by atoms with Crippen molar-refractivity contribution in [1.82, 2.24) is 4.90 Å². The zero-order chi connectivity index (χ0) is 20.5. The van der Waals surface area contributed by atoms with Crippen LogP contribution in [0.3, 0.4) is 0 Å². The molecule has 0 unspecified atom stereocenters. The predicted octanol–water partition coefficient (Wildman–Crippen LogP) is 4.45. The first-order chi connectivity index (χ1) is 13.3. The van der Waals surface area contributed by atoms with Crippen molar-refractivity contribution in [2.75, 3.05) is 14.2 Å². The fraction of sp³-hybridized carbons (Fsp3) is 0.583. The van der Waals surface area contributed by atoms with Crippen molar-refractivity contribution in [2.45, 2.75) is 46.6 Å². The third-order valence-electron chi connectivity index (χ3n) is 6.85. The standard InChI is InChI=1S/C24H33NO3/c1-16(2)21-20(26)13-24(3)18(11-12-19(24)22(21)23(27)28-5)15-25(4)14-17-9-7-6-8-10-17/h6-10,15-16,19,21-22H,11-14H2,1-5H3/t19-,21+,22+,24-/m0/s1. The van der Waals surface area contributed by atoms with Gasteiger partial charge in [0.1, 0.15) is 5.78 Å². The number of esters is 1. The summed E-state index contributed by atoms with van der Waals surface area (Å²) < 4.78 is 5.15. The van der Waals surface area contributed by atoms with Crippen LogP contribution in [0.15, 0.2) is 42.1 Å². The van der Waals surface area contributed by atoms with Gasteiger partial charge in [0.2, 0.25) is 0 Å². The Morgan fingerprint density at radius 1 is 1.32 bits per heavy atom. The Labute approximate surface area is 168 Å². The maximum Gasteiger partial charge on any atom is 0.309 e. The van der Waals surface area contributed by atoms with Crippen molar-refractivity contribution < 1.29 is 14.3 Å². The van der Waals surface area contributed by atoms with Crippen molar-refractivity contribution in [3.63, 3.8) is 0 Å². The van der Waals surface area contributed by atoms with Gasteiger partial charge in [-0.2, -0.15) is 0 Å². The number of carbonyl (C=O) groups is 2. The molecule has 1 aromatic carbocycles. The van der Waals surface area contributed by atoms with E-state index in [9.17, 15) is 9.59 Å². The molecule has 0 saturated heterocycles. The highest BCUT2D eigenvalue weighted by atomic mass is 16.5. The van der Waals surface area contributed by atoms with E-state index < -0.39 is 0 Å². The van der Waals surface area contributed by atoms with Crippen LogP contribution in [0.5, 0.6) is 0 Å². The van der Waals surface area contributed by atoms with Gasteiger partial charge in [-0.25, -0.2) is 0 Å². The molecular formula is C24H33NO3. The van der Waals surface area contributed by atoms with Crippen LogP contribution in [0.1, 0.15) is 45.6 Å². The van der Waals surface area contributed by atoms with Crippen molar-refractivity contribution in [3.8, 4) is 0 Å². The summed E-state index contributed by atoms with van der Waals surface area (Å²) in [7, 11) is 3.52. The Bertz CT molecular complexity index is 754. The third-order valence-corrected chi connectivity index (χ3v) is 6.85. The topological polar surface area (TPSA) is 46.6 Å². The van der Waals surface area contributed by atoms with Gasteiger partial charge in [-0.05, 0) is 42.0 Å². The second-order valence-electron chi connectivity index (χ2n) is 9.08. The van der Waals surface area contributed by atoms with Gasteiger partial charge in [0.25, 0.3) is 0 Å². The number of hydrogen-bond acceptors (Lipinski definition) is 4. The summed E-state index contributed by atoms with van der Waals surface area (Å²) in [6, 6.07) is 10.4. The molecule has 0 spiro atoms. The Morgan fingerprint density at radius 2 is 2.00 bits per heavy atom. The number of Topliss-reactive ketones (excluding diaryl/α,β-unsaturated/α-hetero) is 1. The van der Waals surface area contributed by atoms with E-state index in [0.29, 0.717) is 6.42 Å². The number of fused-ring (bicyclic) bond motifs is 1. The molecule has 0 N–H and O–H groups in total. The molecule has 0 radical (unpaired) electrons. The monoisotopic (exact) mass is 383 g/mol. The van der Waals surface area contributed by atoms with E-state index in [-0.39, 0.29) is 40.8 Å². The maximum absolute atomic E-state index is 13.1. The van der Waals surface area contributed by atoms with E-state index in [1.165, 1.54) is 18.2 Å². The maximum atomic E-state index is 13.1. The van der Waals surface area contributed by atoms with Crippen molar-refractivity contribution >= 4 is 11.8 Å². The quantitative estimate of drug-likeness (QED) is 0.705. The van der Waals surface area contributed by atoms with Crippen LogP contribution in [0.25, 0.3) is 0 Å². The molecule has 2 fully saturated rings. The number of carbonyl (C=O) groups excluding carboxylic acids is 2. The molecular weight excluding hydrogens is 350 g/mol. The third kappa shape index (κ3) is 3.74. The average molecular weight is 384 g/mol. The largest absolute Gasteiger partial charge is 0.469 e. The van der Waals surface area contributed by atoms with Gasteiger partial charge in [-0.1, -0.05) is 51.1 Å². The summed E-state index contributed by atoms with van der Waals surface area (Å²) in [6.45, 7) is 7.09.